The molecule has 0 heterocycles. The second kappa shape index (κ2) is 6.33. The summed E-state index contributed by atoms with van der Waals surface area (Å²) >= 11 is 12.1. The van der Waals surface area contributed by atoms with Crippen LogP contribution in [0.1, 0.15) is 22.8 Å². The summed E-state index contributed by atoms with van der Waals surface area (Å²) in [6.07, 6.45) is 0. The van der Waals surface area contributed by atoms with Gasteiger partial charge < -0.3 is 10.5 Å². The summed E-state index contributed by atoms with van der Waals surface area (Å²) in [6.45, 7) is 2.21. The molecule has 0 aliphatic carbocycles. The monoisotopic (exact) mass is 327 g/mol. The van der Waals surface area contributed by atoms with Crippen molar-refractivity contribution in [1.29, 1.82) is 0 Å². The zero-order chi connectivity index (χ0) is 15.6. The first-order valence-corrected chi connectivity index (χ1v) is 6.91. The third kappa shape index (κ3) is 3.28. The first-order valence-electron chi connectivity index (χ1n) is 6.15. The molecular formula is C15H12Cl2FNO2. The van der Waals surface area contributed by atoms with E-state index in [-0.39, 0.29) is 26.9 Å². The highest BCUT2D eigenvalue weighted by Crippen LogP contribution is 2.32. The number of carbonyl (C=O) groups excluding carboxylic acids is 1. The standard InChI is InChI=1S/C15H12Cl2FNO2/c1-2-21-14-7-11(16)10(6-12(14)17)15(20)9-4-3-8(19)5-13(9)18/h3-7H,2,19H2,1H3. The zero-order valence-corrected chi connectivity index (χ0v) is 12.6. The number of nitrogens with two attached hydrogens (primary N) is 1. The van der Waals surface area contributed by atoms with E-state index in [1.165, 1.54) is 24.3 Å². The van der Waals surface area contributed by atoms with E-state index in [0.717, 1.165) is 6.07 Å². The molecule has 6 heteroatoms. The molecule has 0 aromatic heterocycles. The van der Waals surface area contributed by atoms with Crippen molar-refractivity contribution in [3.8, 4) is 5.75 Å². The number of rotatable bonds is 4. The van der Waals surface area contributed by atoms with Gasteiger partial charge in [-0.1, -0.05) is 23.2 Å². The van der Waals surface area contributed by atoms with E-state index in [2.05, 4.69) is 0 Å². The summed E-state index contributed by atoms with van der Waals surface area (Å²) in [4.78, 5) is 12.4. The average Bonchev–Trinajstić information content (AvgIpc) is 2.42. The van der Waals surface area contributed by atoms with E-state index in [0.29, 0.717) is 12.4 Å². The van der Waals surface area contributed by atoms with Crippen LogP contribution in [0.2, 0.25) is 10.0 Å². The van der Waals surface area contributed by atoms with E-state index in [1.807, 2.05) is 0 Å². The van der Waals surface area contributed by atoms with Crippen LogP contribution in [-0.2, 0) is 0 Å². The maximum Gasteiger partial charge on any atom is 0.197 e. The summed E-state index contributed by atoms with van der Waals surface area (Å²) in [5, 5.41) is 0.379. The molecule has 0 bridgehead atoms. The highest BCUT2D eigenvalue weighted by Gasteiger charge is 2.19. The molecule has 0 spiro atoms. The Morgan fingerprint density at radius 2 is 1.90 bits per heavy atom. The highest BCUT2D eigenvalue weighted by molar-refractivity contribution is 6.37. The summed E-state index contributed by atoms with van der Waals surface area (Å²) in [5.74, 6) is -0.901. The maximum atomic E-state index is 13.8. The molecule has 0 atom stereocenters. The topological polar surface area (TPSA) is 52.3 Å². The molecule has 3 nitrogen and oxygen atoms in total. The lowest BCUT2D eigenvalue weighted by Crippen LogP contribution is -2.06. The molecule has 2 aromatic carbocycles. The third-order valence-electron chi connectivity index (χ3n) is 2.80. The molecule has 0 saturated heterocycles. The Bertz CT molecular complexity index is 704. The molecule has 0 aliphatic rings. The SMILES string of the molecule is CCOc1cc(Cl)c(C(=O)c2ccc(N)cc2F)cc1Cl. The molecule has 2 aromatic rings. The van der Waals surface area contributed by atoms with Crippen LogP contribution in [0.5, 0.6) is 5.75 Å². The third-order valence-corrected chi connectivity index (χ3v) is 3.41. The predicted molar refractivity (Wildman–Crippen MR) is 81.9 cm³/mol. The number of nitrogen functional groups attached to an aromatic ring is 1. The molecular weight excluding hydrogens is 316 g/mol. The van der Waals surface area contributed by atoms with Crippen molar-refractivity contribution in [1.82, 2.24) is 0 Å². The van der Waals surface area contributed by atoms with Crippen LogP contribution < -0.4 is 10.5 Å². The van der Waals surface area contributed by atoms with Gasteiger partial charge >= 0.3 is 0 Å². The Morgan fingerprint density at radius 3 is 2.52 bits per heavy atom. The van der Waals surface area contributed by atoms with Crippen molar-refractivity contribution in [3.05, 3.63) is 57.3 Å². The van der Waals surface area contributed by atoms with Crippen LogP contribution in [-0.4, -0.2) is 12.4 Å². The van der Waals surface area contributed by atoms with Crippen molar-refractivity contribution < 1.29 is 13.9 Å². The van der Waals surface area contributed by atoms with Gasteiger partial charge in [0.2, 0.25) is 0 Å². The number of carbonyl (C=O) groups is 1. The first-order chi connectivity index (χ1) is 9.93. The average molecular weight is 328 g/mol. The lowest BCUT2D eigenvalue weighted by atomic mass is 10.0. The number of hydrogen-bond donors (Lipinski definition) is 1. The molecule has 0 amide bonds. The molecule has 110 valence electrons. The lowest BCUT2D eigenvalue weighted by Gasteiger charge is -2.10. The Balaban J connectivity index is 2.46. The second-order valence-electron chi connectivity index (χ2n) is 4.26. The van der Waals surface area contributed by atoms with Crippen molar-refractivity contribution in [3.63, 3.8) is 0 Å². The van der Waals surface area contributed by atoms with Crippen molar-refractivity contribution in [2.24, 2.45) is 0 Å². The summed E-state index contributed by atoms with van der Waals surface area (Å²) < 4.78 is 19.1. The summed E-state index contributed by atoms with van der Waals surface area (Å²) in [5.41, 5.74) is 5.68. The van der Waals surface area contributed by atoms with Gasteiger partial charge in [-0.15, -0.1) is 0 Å². The Labute approximate surface area is 131 Å². The van der Waals surface area contributed by atoms with Crippen LogP contribution in [0.3, 0.4) is 0 Å². The largest absolute Gasteiger partial charge is 0.492 e. The minimum Gasteiger partial charge on any atom is -0.492 e. The van der Waals surface area contributed by atoms with E-state index in [1.54, 1.807) is 6.92 Å². The minimum absolute atomic E-state index is 0.105. The number of benzene rings is 2. The van der Waals surface area contributed by atoms with E-state index < -0.39 is 11.6 Å². The van der Waals surface area contributed by atoms with Gasteiger partial charge in [-0.25, -0.2) is 4.39 Å². The normalized spacial score (nSPS) is 10.5. The van der Waals surface area contributed by atoms with E-state index >= 15 is 0 Å². The molecule has 2 N–H and O–H groups in total. The number of halogens is 3. The number of hydrogen-bond acceptors (Lipinski definition) is 3. The van der Waals surface area contributed by atoms with Crippen molar-refractivity contribution >= 4 is 34.7 Å². The molecule has 0 aliphatic heterocycles. The summed E-state index contributed by atoms with van der Waals surface area (Å²) in [7, 11) is 0. The first kappa shape index (κ1) is 15.6. The van der Waals surface area contributed by atoms with E-state index in [4.69, 9.17) is 33.7 Å². The molecule has 0 fully saturated rings. The van der Waals surface area contributed by atoms with Crippen LogP contribution in [0.15, 0.2) is 30.3 Å². The molecule has 2 rings (SSSR count). The molecule has 0 radical (unpaired) electrons. The fourth-order valence-corrected chi connectivity index (χ4v) is 2.29. The Hall–Kier alpha value is -1.78. The van der Waals surface area contributed by atoms with Gasteiger partial charge in [0, 0.05) is 17.3 Å². The lowest BCUT2D eigenvalue weighted by molar-refractivity contribution is 0.103. The quantitative estimate of drug-likeness (QED) is 0.671. The van der Waals surface area contributed by atoms with Gasteiger partial charge in [0.05, 0.1) is 22.2 Å². The van der Waals surface area contributed by atoms with E-state index in [9.17, 15) is 9.18 Å². The Morgan fingerprint density at radius 1 is 1.19 bits per heavy atom. The van der Waals surface area contributed by atoms with Crippen LogP contribution in [0.25, 0.3) is 0 Å². The second-order valence-corrected chi connectivity index (χ2v) is 5.08. The van der Waals surface area contributed by atoms with Gasteiger partial charge in [0.1, 0.15) is 11.6 Å². The number of anilines is 1. The van der Waals surface area contributed by atoms with Gasteiger partial charge in [0.25, 0.3) is 0 Å². The zero-order valence-electron chi connectivity index (χ0n) is 11.1. The number of ether oxygens (including phenoxy) is 1. The Kier molecular flexibility index (Phi) is 4.70. The van der Waals surface area contributed by atoms with Crippen molar-refractivity contribution in [2.75, 3.05) is 12.3 Å². The summed E-state index contributed by atoms with van der Waals surface area (Å²) in [6, 6.07) is 6.65. The fourth-order valence-electron chi connectivity index (χ4n) is 1.83. The molecule has 21 heavy (non-hydrogen) atoms. The number of ketones is 1. The molecule has 0 unspecified atom stereocenters. The maximum absolute atomic E-state index is 13.8. The van der Waals surface area contributed by atoms with Crippen LogP contribution >= 0.6 is 23.2 Å². The van der Waals surface area contributed by atoms with Gasteiger partial charge in [-0.3, -0.25) is 4.79 Å². The van der Waals surface area contributed by atoms with Gasteiger partial charge in [-0.2, -0.15) is 0 Å². The fraction of sp³-hybridized carbons (Fsp3) is 0.133. The van der Waals surface area contributed by atoms with Crippen molar-refractivity contribution in [2.45, 2.75) is 6.92 Å². The van der Waals surface area contributed by atoms with Crippen LogP contribution in [0.4, 0.5) is 10.1 Å². The van der Waals surface area contributed by atoms with Gasteiger partial charge in [-0.05, 0) is 31.2 Å². The van der Waals surface area contributed by atoms with Gasteiger partial charge in [0.15, 0.2) is 5.78 Å². The smallest absolute Gasteiger partial charge is 0.197 e. The predicted octanol–water partition coefficient (Wildman–Crippen LogP) is 4.34. The minimum atomic E-state index is -0.707. The van der Waals surface area contributed by atoms with Crippen LogP contribution in [0, 0.1) is 5.82 Å². The highest BCUT2D eigenvalue weighted by atomic mass is 35.5. The molecule has 0 saturated carbocycles.